The van der Waals surface area contributed by atoms with Crippen LogP contribution in [0.15, 0.2) is 9.52 Å². The Labute approximate surface area is 138 Å². The van der Waals surface area contributed by atoms with Gasteiger partial charge in [-0.1, -0.05) is 19.0 Å². The molecule has 0 spiro atoms. The van der Waals surface area contributed by atoms with Crippen LogP contribution in [0.1, 0.15) is 45.3 Å². The molecule has 20 heavy (non-hydrogen) atoms. The highest BCUT2D eigenvalue weighted by Crippen LogP contribution is 2.06. The van der Waals surface area contributed by atoms with Gasteiger partial charge in [0.2, 0.25) is 5.89 Å². The normalized spacial score (nSPS) is 13.0. The third-order valence-electron chi connectivity index (χ3n) is 2.77. The highest BCUT2D eigenvalue weighted by molar-refractivity contribution is 14.0. The second kappa shape index (κ2) is 9.95. The van der Waals surface area contributed by atoms with E-state index in [-0.39, 0.29) is 24.0 Å². The molecule has 1 heterocycles. The van der Waals surface area contributed by atoms with Crippen molar-refractivity contribution in [2.24, 2.45) is 10.9 Å². The van der Waals surface area contributed by atoms with Gasteiger partial charge in [0.1, 0.15) is 0 Å². The molecule has 0 radical (unpaired) electrons. The number of hydrogen-bond acceptors (Lipinski definition) is 4. The van der Waals surface area contributed by atoms with Crippen LogP contribution >= 0.6 is 24.0 Å². The van der Waals surface area contributed by atoms with E-state index in [4.69, 9.17) is 4.52 Å². The van der Waals surface area contributed by atoms with Gasteiger partial charge < -0.3 is 15.2 Å². The minimum atomic E-state index is 0. The van der Waals surface area contributed by atoms with Gasteiger partial charge in [0.25, 0.3) is 0 Å². The van der Waals surface area contributed by atoms with Crippen LogP contribution in [0.2, 0.25) is 0 Å². The van der Waals surface area contributed by atoms with Gasteiger partial charge >= 0.3 is 0 Å². The summed E-state index contributed by atoms with van der Waals surface area (Å²) < 4.78 is 4.92. The van der Waals surface area contributed by atoms with Crippen molar-refractivity contribution in [3.8, 4) is 0 Å². The number of guanidine groups is 1. The van der Waals surface area contributed by atoms with E-state index >= 15 is 0 Å². The van der Waals surface area contributed by atoms with Crippen molar-refractivity contribution in [3.63, 3.8) is 0 Å². The molecule has 0 aliphatic rings. The average Bonchev–Trinajstić information content (AvgIpc) is 2.77. The molecule has 0 aliphatic carbocycles. The molecule has 0 fully saturated rings. The van der Waals surface area contributed by atoms with Crippen molar-refractivity contribution in [2.45, 2.75) is 53.1 Å². The lowest BCUT2D eigenvalue weighted by atomic mass is 10.0. The average molecular weight is 395 g/mol. The van der Waals surface area contributed by atoms with Gasteiger partial charge in [-0.3, -0.25) is 4.99 Å². The predicted molar refractivity (Wildman–Crippen MR) is 91.3 cm³/mol. The smallest absolute Gasteiger partial charge is 0.223 e. The Balaban J connectivity index is 0.00000361. The van der Waals surface area contributed by atoms with E-state index < -0.39 is 0 Å². The number of aliphatic imine (C=N–C) groups is 1. The SMILES string of the molecule is CN=C(NCc1noc(C)n1)NC(C)CCC(C)C.I. The molecule has 1 unspecified atom stereocenters. The van der Waals surface area contributed by atoms with Crippen molar-refractivity contribution >= 4 is 29.9 Å². The number of halogens is 1. The Bertz CT molecular complexity index is 405. The molecule has 0 aromatic carbocycles. The Morgan fingerprint density at radius 3 is 2.50 bits per heavy atom. The summed E-state index contributed by atoms with van der Waals surface area (Å²) in [4.78, 5) is 8.32. The molecule has 0 saturated heterocycles. The lowest BCUT2D eigenvalue weighted by Gasteiger charge is -2.18. The van der Waals surface area contributed by atoms with Crippen LogP contribution < -0.4 is 10.6 Å². The molecule has 0 amide bonds. The minimum absolute atomic E-state index is 0. The van der Waals surface area contributed by atoms with Crippen molar-refractivity contribution in [3.05, 3.63) is 11.7 Å². The van der Waals surface area contributed by atoms with Gasteiger partial charge in [0, 0.05) is 20.0 Å². The molecular formula is C13H26IN5O. The summed E-state index contributed by atoms with van der Waals surface area (Å²) in [6, 6.07) is 0.389. The zero-order valence-corrected chi connectivity index (χ0v) is 15.3. The number of hydrogen-bond donors (Lipinski definition) is 2. The molecule has 116 valence electrons. The standard InChI is InChI=1S/C13H25N5O.HI/c1-9(2)6-7-10(3)16-13(14-5)15-8-12-17-11(4)19-18-12;/h9-10H,6-8H2,1-5H3,(H2,14,15,16);1H. The molecule has 2 N–H and O–H groups in total. The third-order valence-corrected chi connectivity index (χ3v) is 2.77. The van der Waals surface area contributed by atoms with Gasteiger partial charge in [0.05, 0.1) is 6.54 Å². The maximum absolute atomic E-state index is 4.92. The first-order chi connectivity index (χ1) is 9.01. The zero-order chi connectivity index (χ0) is 14.3. The fourth-order valence-electron chi connectivity index (χ4n) is 1.66. The predicted octanol–water partition coefficient (Wildman–Crippen LogP) is 2.49. The maximum Gasteiger partial charge on any atom is 0.223 e. The summed E-state index contributed by atoms with van der Waals surface area (Å²) in [5.74, 6) is 2.69. The molecule has 0 aliphatic heterocycles. The van der Waals surface area contributed by atoms with E-state index in [1.54, 1.807) is 14.0 Å². The summed E-state index contributed by atoms with van der Waals surface area (Å²) in [5, 5.41) is 10.4. The van der Waals surface area contributed by atoms with Crippen molar-refractivity contribution in [2.75, 3.05) is 7.05 Å². The molecule has 6 nitrogen and oxygen atoms in total. The van der Waals surface area contributed by atoms with E-state index in [0.29, 0.717) is 24.3 Å². The molecular weight excluding hydrogens is 369 g/mol. The largest absolute Gasteiger partial charge is 0.354 e. The molecule has 7 heteroatoms. The van der Waals surface area contributed by atoms with E-state index in [1.807, 2.05) is 0 Å². The second-order valence-corrected chi connectivity index (χ2v) is 5.17. The molecule has 0 bridgehead atoms. The van der Waals surface area contributed by atoms with Crippen LogP contribution in [0.25, 0.3) is 0 Å². The number of nitrogens with zero attached hydrogens (tertiary/aromatic N) is 3. The Kier molecular flexibility index (Phi) is 9.52. The monoisotopic (exact) mass is 395 g/mol. The Morgan fingerprint density at radius 2 is 2.00 bits per heavy atom. The summed E-state index contributed by atoms with van der Waals surface area (Å²) >= 11 is 0. The lowest BCUT2D eigenvalue weighted by Crippen LogP contribution is -2.42. The van der Waals surface area contributed by atoms with Gasteiger partial charge in [-0.15, -0.1) is 24.0 Å². The fourth-order valence-corrected chi connectivity index (χ4v) is 1.66. The van der Waals surface area contributed by atoms with Crippen LogP contribution in [0.4, 0.5) is 0 Å². The lowest BCUT2D eigenvalue weighted by molar-refractivity contribution is 0.386. The molecule has 1 aromatic rings. The van der Waals surface area contributed by atoms with E-state index in [2.05, 4.69) is 46.5 Å². The Morgan fingerprint density at radius 1 is 1.30 bits per heavy atom. The van der Waals surface area contributed by atoms with Gasteiger partial charge in [-0.2, -0.15) is 4.98 Å². The first kappa shape index (κ1) is 19.1. The van der Waals surface area contributed by atoms with Crippen LogP contribution in [0, 0.1) is 12.8 Å². The summed E-state index contributed by atoms with van der Waals surface area (Å²) in [6.07, 6.45) is 2.33. The highest BCUT2D eigenvalue weighted by atomic mass is 127. The fraction of sp³-hybridized carbons (Fsp3) is 0.769. The third kappa shape index (κ3) is 7.66. The van der Waals surface area contributed by atoms with Gasteiger partial charge in [-0.25, -0.2) is 0 Å². The highest BCUT2D eigenvalue weighted by Gasteiger charge is 2.07. The molecule has 1 rings (SSSR count). The van der Waals surface area contributed by atoms with Crippen molar-refractivity contribution in [1.29, 1.82) is 0 Å². The van der Waals surface area contributed by atoms with Crippen molar-refractivity contribution < 1.29 is 4.52 Å². The van der Waals surface area contributed by atoms with Crippen molar-refractivity contribution in [1.82, 2.24) is 20.8 Å². The van der Waals surface area contributed by atoms with E-state index in [1.165, 1.54) is 6.42 Å². The second-order valence-electron chi connectivity index (χ2n) is 5.17. The number of aryl methyl sites for hydroxylation is 1. The first-order valence-electron chi connectivity index (χ1n) is 6.77. The molecule has 0 saturated carbocycles. The van der Waals surface area contributed by atoms with Crippen LogP contribution in [0.3, 0.4) is 0 Å². The van der Waals surface area contributed by atoms with Crippen LogP contribution in [-0.4, -0.2) is 29.2 Å². The summed E-state index contributed by atoms with van der Waals surface area (Å²) in [7, 11) is 1.76. The van der Waals surface area contributed by atoms with E-state index in [9.17, 15) is 0 Å². The van der Waals surface area contributed by atoms with Crippen LogP contribution in [0.5, 0.6) is 0 Å². The quantitative estimate of drug-likeness (QED) is 0.440. The minimum Gasteiger partial charge on any atom is -0.354 e. The van der Waals surface area contributed by atoms with Crippen LogP contribution in [-0.2, 0) is 6.54 Å². The summed E-state index contributed by atoms with van der Waals surface area (Å²) in [6.45, 7) is 8.91. The van der Waals surface area contributed by atoms with Gasteiger partial charge in [-0.05, 0) is 25.7 Å². The van der Waals surface area contributed by atoms with E-state index in [0.717, 1.165) is 18.3 Å². The molecule has 1 aromatic heterocycles. The maximum atomic E-state index is 4.92. The Hall–Kier alpha value is -0.860. The zero-order valence-electron chi connectivity index (χ0n) is 12.9. The first-order valence-corrected chi connectivity index (χ1v) is 6.77. The topological polar surface area (TPSA) is 75.3 Å². The number of aromatic nitrogens is 2. The number of rotatable bonds is 6. The summed E-state index contributed by atoms with van der Waals surface area (Å²) in [5.41, 5.74) is 0. The molecule has 1 atom stereocenters. The van der Waals surface area contributed by atoms with Gasteiger partial charge in [0.15, 0.2) is 11.8 Å². The number of nitrogens with one attached hydrogen (secondary N) is 2.